The lowest BCUT2D eigenvalue weighted by molar-refractivity contribution is 0.236. The van der Waals surface area contributed by atoms with Crippen molar-refractivity contribution in [3.8, 4) is 0 Å². The van der Waals surface area contributed by atoms with E-state index in [1.54, 1.807) is 0 Å². The van der Waals surface area contributed by atoms with Crippen LogP contribution in [0.3, 0.4) is 0 Å². The molecule has 1 atom stereocenters. The SMILES string of the molecule is N[C@@H](CO)c1nc(C2Cc3ccccc3C2)no1. The first-order chi connectivity index (χ1) is 8.78. The molecule has 0 fully saturated rings. The van der Waals surface area contributed by atoms with Crippen LogP contribution in [0.4, 0.5) is 0 Å². The molecule has 0 saturated carbocycles. The number of aliphatic hydroxyl groups excluding tert-OH is 1. The van der Waals surface area contributed by atoms with Gasteiger partial charge in [0.15, 0.2) is 5.82 Å². The number of hydrogen-bond acceptors (Lipinski definition) is 5. The molecule has 1 aliphatic carbocycles. The van der Waals surface area contributed by atoms with Crippen molar-refractivity contribution >= 4 is 0 Å². The molecule has 0 bridgehead atoms. The molecule has 94 valence electrons. The highest BCUT2D eigenvalue weighted by Gasteiger charge is 2.27. The predicted octanol–water partition coefficient (Wildman–Crippen LogP) is 0.944. The summed E-state index contributed by atoms with van der Waals surface area (Å²) in [4.78, 5) is 4.28. The van der Waals surface area contributed by atoms with Crippen LogP contribution in [0.2, 0.25) is 0 Å². The molecule has 0 amide bonds. The van der Waals surface area contributed by atoms with Gasteiger partial charge < -0.3 is 15.4 Å². The van der Waals surface area contributed by atoms with Crippen molar-refractivity contribution in [3.05, 3.63) is 47.1 Å². The van der Waals surface area contributed by atoms with Crippen LogP contribution in [0.5, 0.6) is 0 Å². The van der Waals surface area contributed by atoms with Gasteiger partial charge in [0.05, 0.1) is 6.61 Å². The van der Waals surface area contributed by atoms with E-state index in [0.717, 1.165) is 12.8 Å². The molecule has 5 heteroatoms. The summed E-state index contributed by atoms with van der Waals surface area (Å²) in [5, 5.41) is 12.9. The number of fused-ring (bicyclic) bond motifs is 1. The van der Waals surface area contributed by atoms with Gasteiger partial charge in [0.1, 0.15) is 6.04 Å². The second-order valence-corrected chi connectivity index (χ2v) is 4.65. The molecule has 2 aromatic rings. The molecule has 0 saturated heterocycles. The largest absolute Gasteiger partial charge is 0.394 e. The first kappa shape index (κ1) is 11.4. The highest BCUT2D eigenvalue weighted by atomic mass is 16.5. The topological polar surface area (TPSA) is 85.2 Å². The van der Waals surface area contributed by atoms with Gasteiger partial charge in [-0.25, -0.2) is 0 Å². The van der Waals surface area contributed by atoms with Gasteiger partial charge in [-0.15, -0.1) is 0 Å². The molecule has 3 N–H and O–H groups in total. The van der Waals surface area contributed by atoms with Gasteiger partial charge in [0.25, 0.3) is 0 Å². The maximum absolute atomic E-state index is 8.95. The zero-order valence-corrected chi connectivity index (χ0v) is 9.91. The molecule has 0 aliphatic heterocycles. The fourth-order valence-corrected chi connectivity index (χ4v) is 2.38. The molecule has 5 nitrogen and oxygen atoms in total. The van der Waals surface area contributed by atoms with E-state index >= 15 is 0 Å². The Bertz CT molecular complexity index is 528. The summed E-state index contributed by atoms with van der Waals surface area (Å²) in [5.74, 6) is 1.25. The predicted molar refractivity (Wildman–Crippen MR) is 64.9 cm³/mol. The Morgan fingerprint density at radius 3 is 2.61 bits per heavy atom. The second-order valence-electron chi connectivity index (χ2n) is 4.65. The third kappa shape index (κ3) is 1.91. The minimum Gasteiger partial charge on any atom is -0.394 e. The van der Waals surface area contributed by atoms with Crippen LogP contribution < -0.4 is 5.73 Å². The Morgan fingerprint density at radius 1 is 1.33 bits per heavy atom. The van der Waals surface area contributed by atoms with E-state index in [0.29, 0.717) is 11.7 Å². The third-order valence-electron chi connectivity index (χ3n) is 3.39. The van der Waals surface area contributed by atoms with Crippen LogP contribution in [0, 0.1) is 0 Å². The van der Waals surface area contributed by atoms with Crippen molar-refractivity contribution in [2.24, 2.45) is 5.73 Å². The number of aliphatic hydroxyl groups is 1. The zero-order chi connectivity index (χ0) is 12.5. The van der Waals surface area contributed by atoms with Crippen LogP contribution in [0.25, 0.3) is 0 Å². The van der Waals surface area contributed by atoms with Crippen molar-refractivity contribution in [1.82, 2.24) is 10.1 Å². The zero-order valence-electron chi connectivity index (χ0n) is 9.91. The van der Waals surface area contributed by atoms with Crippen LogP contribution in [-0.2, 0) is 12.8 Å². The summed E-state index contributed by atoms with van der Waals surface area (Å²) >= 11 is 0. The van der Waals surface area contributed by atoms with Crippen molar-refractivity contribution in [3.63, 3.8) is 0 Å². The van der Waals surface area contributed by atoms with Crippen LogP contribution >= 0.6 is 0 Å². The Labute approximate surface area is 105 Å². The van der Waals surface area contributed by atoms with Gasteiger partial charge in [0.2, 0.25) is 5.89 Å². The molecule has 1 aromatic heterocycles. The molecule has 1 aliphatic rings. The Morgan fingerprint density at radius 2 is 2.00 bits per heavy atom. The van der Waals surface area contributed by atoms with E-state index in [4.69, 9.17) is 15.4 Å². The molecular formula is C13H15N3O2. The molecule has 1 aromatic carbocycles. The Balaban J connectivity index is 1.80. The summed E-state index contributed by atoms with van der Waals surface area (Å²) in [6.07, 6.45) is 1.87. The number of nitrogens with zero attached hydrogens (tertiary/aromatic N) is 2. The maximum Gasteiger partial charge on any atom is 0.245 e. The lowest BCUT2D eigenvalue weighted by atomic mass is 10.1. The molecular weight excluding hydrogens is 230 g/mol. The minimum absolute atomic E-state index is 0.188. The van der Waals surface area contributed by atoms with E-state index in [-0.39, 0.29) is 12.5 Å². The quantitative estimate of drug-likeness (QED) is 0.840. The van der Waals surface area contributed by atoms with Gasteiger partial charge in [-0.1, -0.05) is 29.4 Å². The Kier molecular flexibility index (Phi) is 2.85. The average molecular weight is 245 g/mol. The highest BCUT2D eigenvalue weighted by Crippen LogP contribution is 2.32. The van der Waals surface area contributed by atoms with Crippen LogP contribution in [0.1, 0.15) is 34.8 Å². The lowest BCUT2D eigenvalue weighted by Gasteiger charge is -2.01. The first-order valence-electron chi connectivity index (χ1n) is 6.04. The summed E-state index contributed by atoms with van der Waals surface area (Å²) in [6.45, 7) is -0.188. The van der Waals surface area contributed by atoms with Crippen molar-refractivity contribution in [2.45, 2.75) is 24.8 Å². The van der Waals surface area contributed by atoms with Crippen molar-refractivity contribution in [2.75, 3.05) is 6.61 Å². The number of hydrogen-bond donors (Lipinski definition) is 2. The second kappa shape index (κ2) is 4.51. The summed E-state index contributed by atoms with van der Waals surface area (Å²) < 4.78 is 5.08. The summed E-state index contributed by atoms with van der Waals surface area (Å²) in [7, 11) is 0. The number of rotatable bonds is 3. The fourth-order valence-electron chi connectivity index (χ4n) is 2.38. The summed E-state index contributed by atoms with van der Waals surface area (Å²) in [6, 6.07) is 7.77. The van der Waals surface area contributed by atoms with Gasteiger partial charge in [-0.3, -0.25) is 0 Å². The van der Waals surface area contributed by atoms with Gasteiger partial charge in [-0.05, 0) is 24.0 Å². The van der Waals surface area contributed by atoms with Crippen molar-refractivity contribution < 1.29 is 9.63 Å². The first-order valence-corrected chi connectivity index (χ1v) is 6.04. The van der Waals surface area contributed by atoms with Crippen LogP contribution in [0.15, 0.2) is 28.8 Å². The van der Waals surface area contributed by atoms with E-state index in [2.05, 4.69) is 22.3 Å². The minimum atomic E-state index is -0.588. The maximum atomic E-state index is 8.95. The number of aromatic nitrogens is 2. The number of benzene rings is 1. The smallest absolute Gasteiger partial charge is 0.245 e. The number of nitrogens with two attached hydrogens (primary N) is 1. The van der Waals surface area contributed by atoms with E-state index in [9.17, 15) is 0 Å². The van der Waals surface area contributed by atoms with E-state index in [1.165, 1.54) is 11.1 Å². The molecule has 0 radical (unpaired) electrons. The summed E-state index contributed by atoms with van der Waals surface area (Å²) in [5.41, 5.74) is 8.34. The normalized spacial score (nSPS) is 16.8. The average Bonchev–Trinajstić information content (AvgIpc) is 3.03. The molecule has 18 heavy (non-hydrogen) atoms. The molecule has 0 spiro atoms. The fraction of sp³-hybridized carbons (Fsp3) is 0.385. The monoisotopic (exact) mass is 245 g/mol. The van der Waals surface area contributed by atoms with E-state index in [1.807, 2.05) is 12.1 Å². The molecule has 1 heterocycles. The molecule has 3 rings (SSSR count). The van der Waals surface area contributed by atoms with Gasteiger partial charge in [0, 0.05) is 5.92 Å². The van der Waals surface area contributed by atoms with Gasteiger partial charge >= 0.3 is 0 Å². The van der Waals surface area contributed by atoms with Gasteiger partial charge in [-0.2, -0.15) is 4.98 Å². The molecule has 0 unspecified atom stereocenters. The van der Waals surface area contributed by atoms with Crippen LogP contribution in [-0.4, -0.2) is 21.9 Å². The van der Waals surface area contributed by atoms with E-state index < -0.39 is 6.04 Å². The lowest BCUT2D eigenvalue weighted by Crippen LogP contribution is -2.15. The standard InChI is InChI=1S/C13H15N3O2/c14-11(7-17)13-15-12(16-18-13)10-5-8-3-1-2-4-9(8)6-10/h1-4,10-11,17H,5-7,14H2/t11-/m0/s1. The highest BCUT2D eigenvalue weighted by molar-refractivity contribution is 5.34. The third-order valence-corrected chi connectivity index (χ3v) is 3.39. The van der Waals surface area contributed by atoms with Crippen molar-refractivity contribution in [1.29, 1.82) is 0 Å². The Hall–Kier alpha value is -1.72.